The van der Waals surface area contributed by atoms with Gasteiger partial charge in [0.1, 0.15) is 0 Å². The summed E-state index contributed by atoms with van der Waals surface area (Å²) in [7, 11) is 4.15. The Kier molecular flexibility index (Phi) is 15.5. The van der Waals surface area contributed by atoms with Crippen LogP contribution in [0.4, 0.5) is 0 Å². The van der Waals surface area contributed by atoms with Gasteiger partial charge in [-0.3, -0.25) is 4.90 Å². The van der Waals surface area contributed by atoms with Gasteiger partial charge in [-0.15, -0.1) is 45.6 Å². The molecule has 1 N–H and O–H groups in total. The Labute approximate surface area is 276 Å². The van der Waals surface area contributed by atoms with Crippen molar-refractivity contribution in [1.29, 1.82) is 0 Å². The van der Waals surface area contributed by atoms with Gasteiger partial charge in [-0.1, -0.05) is 0 Å². The number of hydrogen-bond donors (Lipinski definition) is 1. The van der Waals surface area contributed by atoms with Crippen molar-refractivity contribution in [1.82, 2.24) is 4.90 Å². The van der Waals surface area contributed by atoms with Crippen LogP contribution in [0.5, 0.6) is 0 Å². The molecule has 44 heavy (non-hydrogen) atoms. The third-order valence-electron chi connectivity index (χ3n) is 7.16. The van der Waals surface area contributed by atoms with Crippen molar-refractivity contribution < 1.29 is 38.4 Å². The molecular weight excluding hydrogens is 646 g/mol. The summed E-state index contributed by atoms with van der Waals surface area (Å²) in [6.07, 6.45) is -0.525. The first-order valence-electron chi connectivity index (χ1n) is 13.9. The number of aliphatic hydroxyl groups is 1. The van der Waals surface area contributed by atoms with Gasteiger partial charge >= 0.3 is 17.9 Å². The molecular formula is C31H42ClNO8S3. The molecule has 1 fully saturated rings. The fourth-order valence-corrected chi connectivity index (χ4v) is 8.04. The second-order valence-electron chi connectivity index (χ2n) is 10.0. The van der Waals surface area contributed by atoms with Crippen molar-refractivity contribution in [2.45, 2.75) is 59.1 Å². The fourth-order valence-electron chi connectivity index (χ4n) is 4.58. The SMILES string of the molecule is COC(=O)c1csc(C(C)Cl)c1C.COC(=O)c1csc(C(C)N2CCOCC2)c1C.COC(=O)c1csc(C(C)O)c1C. The molecule has 1 aliphatic rings. The standard InChI is InChI=1S/C13H19NO3S.C9H11ClO2S.C9H12O3S/c1-9-11(13(15)16-3)8-18-12(9)10(2)14-4-6-17-7-5-14;2*1-5-7(9(11)12-3)4-13-8(5)6(2)10/h8,10H,4-7H2,1-3H3;4,6H,1-3H3;4,6,10H,1-3H3. The van der Waals surface area contributed by atoms with Gasteiger partial charge in [-0.2, -0.15) is 0 Å². The van der Waals surface area contributed by atoms with E-state index in [1.807, 2.05) is 33.1 Å². The average Bonchev–Trinajstić information content (AvgIpc) is 3.72. The lowest BCUT2D eigenvalue weighted by molar-refractivity contribution is 0.0204. The molecule has 0 bridgehead atoms. The number of aliphatic hydroxyl groups excluding tert-OH is 1. The smallest absolute Gasteiger partial charge is 0.338 e. The molecule has 3 unspecified atom stereocenters. The van der Waals surface area contributed by atoms with Crippen LogP contribution in [0.25, 0.3) is 0 Å². The van der Waals surface area contributed by atoms with E-state index in [1.165, 1.54) is 48.9 Å². The number of methoxy groups -OCH3 is 3. The fraction of sp³-hybridized carbons (Fsp3) is 0.516. The highest BCUT2D eigenvalue weighted by atomic mass is 35.5. The molecule has 4 rings (SSSR count). The summed E-state index contributed by atoms with van der Waals surface area (Å²) in [4.78, 5) is 39.5. The third-order valence-corrected chi connectivity index (χ3v) is 11.3. The van der Waals surface area contributed by atoms with E-state index in [4.69, 9.17) is 21.1 Å². The number of thiophene rings is 3. The molecule has 0 saturated carbocycles. The molecule has 0 aromatic carbocycles. The molecule has 0 radical (unpaired) electrons. The molecule has 4 heterocycles. The van der Waals surface area contributed by atoms with Crippen LogP contribution in [0.1, 0.15) is 101 Å². The molecule has 3 aromatic rings. The third kappa shape index (κ3) is 9.59. The molecule has 244 valence electrons. The number of ether oxygens (including phenoxy) is 4. The molecule has 3 aromatic heterocycles. The van der Waals surface area contributed by atoms with Gasteiger partial charge in [-0.25, -0.2) is 14.4 Å². The van der Waals surface area contributed by atoms with E-state index in [2.05, 4.69) is 21.3 Å². The Morgan fingerprint density at radius 1 is 0.750 bits per heavy atom. The molecule has 0 amide bonds. The number of esters is 3. The van der Waals surface area contributed by atoms with E-state index in [1.54, 1.807) is 29.0 Å². The average molecular weight is 688 g/mol. The van der Waals surface area contributed by atoms with Crippen LogP contribution >= 0.6 is 45.6 Å². The Balaban J connectivity index is 0.000000235. The van der Waals surface area contributed by atoms with Crippen molar-refractivity contribution in [2.75, 3.05) is 47.6 Å². The molecule has 9 nitrogen and oxygen atoms in total. The molecule has 1 saturated heterocycles. The minimum absolute atomic E-state index is 0.0524. The summed E-state index contributed by atoms with van der Waals surface area (Å²) in [6.45, 7) is 14.9. The Bertz CT molecular complexity index is 1320. The number of hydrogen-bond acceptors (Lipinski definition) is 12. The maximum absolute atomic E-state index is 11.6. The number of alkyl halides is 1. The lowest BCUT2D eigenvalue weighted by Crippen LogP contribution is -2.37. The lowest BCUT2D eigenvalue weighted by Gasteiger charge is -2.32. The quantitative estimate of drug-likeness (QED) is 0.156. The summed E-state index contributed by atoms with van der Waals surface area (Å²) in [5.74, 6) is -0.887. The maximum atomic E-state index is 11.6. The first kappa shape index (κ1) is 37.9. The zero-order valence-electron chi connectivity index (χ0n) is 26.6. The molecule has 13 heteroatoms. The second-order valence-corrected chi connectivity index (χ2v) is 13.4. The molecule has 0 aliphatic carbocycles. The number of rotatable bonds is 7. The monoisotopic (exact) mass is 687 g/mol. The summed E-state index contributed by atoms with van der Waals surface area (Å²) >= 11 is 10.4. The highest BCUT2D eigenvalue weighted by Crippen LogP contribution is 2.33. The van der Waals surface area contributed by atoms with E-state index in [0.717, 1.165) is 52.7 Å². The zero-order valence-corrected chi connectivity index (χ0v) is 29.9. The van der Waals surface area contributed by atoms with Gasteiger partial charge in [0.15, 0.2) is 0 Å². The Hall–Kier alpha value is -2.32. The van der Waals surface area contributed by atoms with Gasteiger partial charge in [0.25, 0.3) is 0 Å². The lowest BCUT2D eigenvalue weighted by atomic mass is 10.1. The zero-order chi connectivity index (χ0) is 33.1. The van der Waals surface area contributed by atoms with E-state index >= 15 is 0 Å². The number of halogens is 1. The topological polar surface area (TPSA) is 112 Å². The summed E-state index contributed by atoms with van der Waals surface area (Å²) in [5, 5.41) is 14.7. The van der Waals surface area contributed by atoms with Gasteiger partial charge in [0, 0.05) is 49.9 Å². The largest absolute Gasteiger partial charge is 0.465 e. The van der Waals surface area contributed by atoms with Crippen LogP contribution in [0.15, 0.2) is 16.1 Å². The van der Waals surface area contributed by atoms with Gasteiger partial charge < -0.3 is 24.1 Å². The van der Waals surface area contributed by atoms with Crippen molar-refractivity contribution >= 4 is 63.5 Å². The van der Waals surface area contributed by atoms with E-state index in [0.29, 0.717) is 22.7 Å². The first-order chi connectivity index (χ1) is 20.8. The number of nitrogens with zero attached hydrogens (tertiary/aromatic N) is 1. The number of carbonyl (C=O) groups excluding carboxylic acids is 3. The van der Waals surface area contributed by atoms with Crippen LogP contribution in [-0.2, 0) is 18.9 Å². The van der Waals surface area contributed by atoms with Crippen molar-refractivity contribution in [3.05, 3.63) is 64.2 Å². The molecule has 0 spiro atoms. The predicted molar refractivity (Wildman–Crippen MR) is 177 cm³/mol. The van der Waals surface area contributed by atoms with Crippen LogP contribution in [0.2, 0.25) is 0 Å². The van der Waals surface area contributed by atoms with E-state index in [-0.39, 0.29) is 23.3 Å². The normalized spacial score (nSPS) is 15.1. The van der Waals surface area contributed by atoms with Crippen molar-refractivity contribution in [3.8, 4) is 0 Å². The highest BCUT2D eigenvalue weighted by Gasteiger charge is 2.24. The number of carbonyl (C=O) groups is 3. The summed E-state index contributed by atoms with van der Waals surface area (Å²) in [6, 6.07) is 0.331. The summed E-state index contributed by atoms with van der Waals surface area (Å²) < 4.78 is 19.4. The van der Waals surface area contributed by atoms with Crippen LogP contribution in [-0.4, -0.2) is 75.5 Å². The first-order valence-corrected chi connectivity index (χ1v) is 17.0. The van der Waals surface area contributed by atoms with Gasteiger partial charge in [0.05, 0.1) is 62.7 Å². The van der Waals surface area contributed by atoms with E-state index in [9.17, 15) is 19.5 Å². The van der Waals surface area contributed by atoms with Crippen molar-refractivity contribution in [2.24, 2.45) is 0 Å². The maximum Gasteiger partial charge on any atom is 0.338 e. The summed E-state index contributed by atoms with van der Waals surface area (Å²) in [5.41, 5.74) is 4.65. The van der Waals surface area contributed by atoms with Crippen LogP contribution < -0.4 is 0 Å². The van der Waals surface area contributed by atoms with Crippen LogP contribution in [0.3, 0.4) is 0 Å². The van der Waals surface area contributed by atoms with Crippen LogP contribution in [0, 0.1) is 20.8 Å². The predicted octanol–water partition coefficient (Wildman–Crippen LogP) is 7.28. The second kappa shape index (κ2) is 18.0. The van der Waals surface area contributed by atoms with E-state index < -0.39 is 6.10 Å². The number of morpholine rings is 1. The van der Waals surface area contributed by atoms with Crippen molar-refractivity contribution in [3.63, 3.8) is 0 Å². The van der Waals surface area contributed by atoms with Gasteiger partial charge in [0.2, 0.25) is 0 Å². The molecule has 3 atom stereocenters. The molecule has 1 aliphatic heterocycles. The van der Waals surface area contributed by atoms with Gasteiger partial charge in [-0.05, 0) is 58.2 Å². The Morgan fingerprint density at radius 2 is 1.11 bits per heavy atom. The highest BCUT2D eigenvalue weighted by molar-refractivity contribution is 7.11. The minimum atomic E-state index is -0.525. The minimum Gasteiger partial charge on any atom is -0.465 e. The Morgan fingerprint density at radius 3 is 1.45 bits per heavy atom.